The van der Waals surface area contributed by atoms with Crippen LogP contribution in [0.25, 0.3) is 0 Å². The average molecular weight is 284 g/mol. The largest absolute Gasteiger partial charge is 0.508 e. The van der Waals surface area contributed by atoms with Gasteiger partial charge in [0.25, 0.3) is 0 Å². The van der Waals surface area contributed by atoms with Gasteiger partial charge in [0.15, 0.2) is 0 Å². The standard InChI is InChI=1S/C16H12O5/c1-8-12(17)7-6-11(13(8)18)16(21)14(19)9-4-2-3-5-10(9)15(16)20/h2-7,17-18,21H,1H3. The summed E-state index contributed by atoms with van der Waals surface area (Å²) in [7, 11) is 0. The van der Waals surface area contributed by atoms with Crippen molar-refractivity contribution in [3.63, 3.8) is 0 Å². The van der Waals surface area contributed by atoms with E-state index in [9.17, 15) is 24.9 Å². The molecule has 2 aromatic carbocycles. The number of phenols is 2. The number of rotatable bonds is 1. The van der Waals surface area contributed by atoms with E-state index in [4.69, 9.17) is 0 Å². The van der Waals surface area contributed by atoms with E-state index < -0.39 is 22.9 Å². The summed E-state index contributed by atoms with van der Waals surface area (Å²) in [5, 5.41) is 30.3. The zero-order valence-corrected chi connectivity index (χ0v) is 11.1. The predicted octanol–water partition coefficient (Wildman–Crippen LogP) is 1.67. The Bertz CT molecular complexity index is 756. The van der Waals surface area contributed by atoms with Gasteiger partial charge < -0.3 is 15.3 Å². The number of phenolic OH excluding ortho intramolecular Hbond substituents is 2. The van der Waals surface area contributed by atoms with E-state index in [1.165, 1.54) is 31.2 Å². The first kappa shape index (κ1) is 13.3. The van der Waals surface area contributed by atoms with Crippen LogP contribution < -0.4 is 0 Å². The molecule has 0 aromatic heterocycles. The lowest BCUT2D eigenvalue weighted by molar-refractivity contribution is 0.0312. The number of hydrogen-bond donors (Lipinski definition) is 3. The van der Waals surface area contributed by atoms with Crippen molar-refractivity contribution >= 4 is 11.6 Å². The molecule has 0 aliphatic heterocycles. The maximum atomic E-state index is 12.4. The zero-order valence-electron chi connectivity index (χ0n) is 11.1. The molecular weight excluding hydrogens is 272 g/mol. The number of benzene rings is 2. The van der Waals surface area contributed by atoms with Gasteiger partial charge in [-0.2, -0.15) is 0 Å². The minimum Gasteiger partial charge on any atom is -0.508 e. The predicted molar refractivity (Wildman–Crippen MR) is 73.5 cm³/mol. The first-order chi connectivity index (χ1) is 9.89. The number of ketones is 2. The van der Waals surface area contributed by atoms with E-state index in [1.807, 2.05) is 0 Å². The second-order valence-corrected chi connectivity index (χ2v) is 5.02. The third-order valence-corrected chi connectivity index (χ3v) is 3.87. The van der Waals surface area contributed by atoms with Crippen LogP contribution >= 0.6 is 0 Å². The van der Waals surface area contributed by atoms with E-state index in [1.54, 1.807) is 12.1 Å². The molecule has 0 saturated heterocycles. The second kappa shape index (κ2) is 4.17. The molecule has 0 saturated carbocycles. The van der Waals surface area contributed by atoms with Crippen molar-refractivity contribution in [2.24, 2.45) is 0 Å². The number of Topliss-reactive ketones (excluding diaryl/α,β-unsaturated/α-hetero) is 2. The molecule has 0 spiro atoms. The van der Waals surface area contributed by atoms with Crippen LogP contribution in [0.15, 0.2) is 36.4 Å². The van der Waals surface area contributed by atoms with Gasteiger partial charge in [-0.1, -0.05) is 24.3 Å². The Labute approximate surface area is 120 Å². The van der Waals surface area contributed by atoms with Gasteiger partial charge in [-0.15, -0.1) is 0 Å². The zero-order chi connectivity index (χ0) is 15.4. The summed E-state index contributed by atoms with van der Waals surface area (Å²) in [5.74, 6) is -2.20. The van der Waals surface area contributed by atoms with Crippen molar-refractivity contribution in [1.29, 1.82) is 0 Å². The number of aliphatic hydroxyl groups is 1. The molecule has 0 atom stereocenters. The van der Waals surface area contributed by atoms with Crippen LogP contribution in [-0.2, 0) is 5.60 Å². The third-order valence-electron chi connectivity index (χ3n) is 3.87. The van der Waals surface area contributed by atoms with Crippen molar-refractivity contribution in [1.82, 2.24) is 0 Å². The molecule has 3 rings (SSSR count). The molecule has 0 radical (unpaired) electrons. The minimum absolute atomic E-state index is 0.0949. The van der Waals surface area contributed by atoms with Gasteiger partial charge in [-0.25, -0.2) is 0 Å². The second-order valence-electron chi connectivity index (χ2n) is 5.02. The van der Waals surface area contributed by atoms with E-state index in [0.717, 1.165) is 0 Å². The topological polar surface area (TPSA) is 94.8 Å². The highest BCUT2D eigenvalue weighted by molar-refractivity contribution is 6.32. The lowest BCUT2D eigenvalue weighted by atomic mass is 9.87. The highest BCUT2D eigenvalue weighted by Gasteiger charge is 2.54. The summed E-state index contributed by atoms with van der Waals surface area (Å²) in [6, 6.07) is 8.51. The molecule has 1 aliphatic carbocycles. The van der Waals surface area contributed by atoms with E-state index in [0.29, 0.717) is 0 Å². The number of aromatic hydroxyl groups is 2. The lowest BCUT2D eigenvalue weighted by Crippen LogP contribution is -2.38. The number of fused-ring (bicyclic) bond motifs is 1. The van der Waals surface area contributed by atoms with Gasteiger partial charge in [-0.05, 0) is 19.1 Å². The lowest BCUT2D eigenvalue weighted by Gasteiger charge is -2.21. The molecule has 5 heteroatoms. The molecule has 5 nitrogen and oxygen atoms in total. The SMILES string of the molecule is Cc1c(O)ccc(C2(O)C(=O)c3ccccc3C2=O)c1O. The van der Waals surface area contributed by atoms with Gasteiger partial charge in [0.05, 0.1) is 0 Å². The summed E-state index contributed by atoms with van der Waals surface area (Å²) < 4.78 is 0. The summed E-state index contributed by atoms with van der Waals surface area (Å²) in [4.78, 5) is 24.9. The van der Waals surface area contributed by atoms with Crippen LogP contribution in [0.2, 0.25) is 0 Å². The first-order valence-electron chi connectivity index (χ1n) is 6.32. The summed E-state index contributed by atoms with van der Waals surface area (Å²) in [6.07, 6.45) is 0. The van der Waals surface area contributed by atoms with Gasteiger partial charge in [0.1, 0.15) is 11.5 Å². The Morgan fingerprint density at radius 1 is 0.905 bits per heavy atom. The summed E-state index contributed by atoms with van der Waals surface area (Å²) in [5.41, 5.74) is -2.33. The van der Waals surface area contributed by atoms with Crippen molar-refractivity contribution in [3.8, 4) is 11.5 Å². The monoisotopic (exact) mass is 284 g/mol. The molecule has 21 heavy (non-hydrogen) atoms. The quantitative estimate of drug-likeness (QED) is 0.692. The fourth-order valence-electron chi connectivity index (χ4n) is 2.60. The first-order valence-corrected chi connectivity index (χ1v) is 6.32. The molecule has 1 aliphatic rings. The fraction of sp³-hybridized carbons (Fsp3) is 0.125. The molecule has 0 fully saturated rings. The molecule has 106 valence electrons. The van der Waals surface area contributed by atoms with Gasteiger partial charge >= 0.3 is 0 Å². The highest BCUT2D eigenvalue weighted by Crippen LogP contribution is 2.43. The van der Waals surface area contributed by atoms with E-state index in [2.05, 4.69) is 0 Å². The Morgan fingerprint density at radius 2 is 1.43 bits per heavy atom. The normalized spacial score (nSPS) is 16.1. The summed E-state index contributed by atoms with van der Waals surface area (Å²) >= 11 is 0. The molecular formula is C16H12O5. The molecule has 0 amide bonds. The van der Waals surface area contributed by atoms with Crippen LogP contribution in [-0.4, -0.2) is 26.9 Å². The van der Waals surface area contributed by atoms with E-state index in [-0.39, 0.29) is 28.0 Å². The summed E-state index contributed by atoms with van der Waals surface area (Å²) in [6.45, 7) is 1.43. The number of hydrogen-bond acceptors (Lipinski definition) is 5. The van der Waals surface area contributed by atoms with E-state index >= 15 is 0 Å². The molecule has 0 unspecified atom stereocenters. The molecule has 0 heterocycles. The number of carbonyl (C=O) groups is 2. The van der Waals surface area contributed by atoms with Crippen LogP contribution in [0, 0.1) is 6.92 Å². The smallest absolute Gasteiger partial charge is 0.220 e. The maximum absolute atomic E-state index is 12.4. The van der Waals surface area contributed by atoms with Crippen molar-refractivity contribution in [3.05, 3.63) is 58.7 Å². The Kier molecular flexibility index (Phi) is 2.64. The fourth-order valence-corrected chi connectivity index (χ4v) is 2.60. The third kappa shape index (κ3) is 1.55. The Balaban J connectivity index is 2.27. The molecule has 2 aromatic rings. The molecule has 3 N–H and O–H groups in total. The van der Waals surface area contributed by atoms with Gasteiger partial charge in [-0.3, -0.25) is 9.59 Å². The highest BCUT2D eigenvalue weighted by atomic mass is 16.3. The van der Waals surface area contributed by atoms with Crippen molar-refractivity contribution in [2.75, 3.05) is 0 Å². The van der Waals surface area contributed by atoms with Crippen LogP contribution in [0.3, 0.4) is 0 Å². The maximum Gasteiger partial charge on any atom is 0.220 e. The Hall–Kier alpha value is -2.66. The van der Waals surface area contributed by atoms with Crippen molar-refractivity contribution < 1.29 is 24.9 Å². The van der Waals surface area contributed by atoms with Crippen molar-refractivity contribution in [2.45, 2.75) is 12.5 Å². The van der Waals surface area contributed by atoms with Gasteiger partial charge in [0, 0.05) is 22.3 Å². The van der Waals surface area contributed by atoms with Crippen LogP contribution in [0.4, 0.5) is 0 Å². The number of carbonyl (C=O) groups excluding carboxylic acids is 2. The Morgan fingerprint density at radius 3 is 1.95 bits per heavy atom. The van der Waals surface area contributed by atoms with Gasteiger partial charge in [0.2, 0.25) is 17.2 Å². The van der Waals surface area contributed by atoms with Crippen LogP contribution in [0.1, 0.15) is 31.8 Å². The average Bonchev–Trinajstić information content (AvgIpc) is 2.68. The minimum atomic E-state index is -2.45. The van der Waals surface area contributed by atoms with Crippen LogP contribution in [0.5, 0.6) is 11.5 Å². The molecule has 0 bridgehead atoms.